The normalized spacial score (nSPS) is 10.2. The maximum Gasteiger partial charge on any atom is 0.305 e. The van der Waals surface area contributed by atoms with Gasteiger partial charge in [0.1, 0.15) is 0 Å². The zero-order chi connectivity index (χ0) is 14.4. The van der Waals surface area contributed by atoms with Crippen LogP contribution in [-0.2, 0) is 16.0 Å². The number of ether oxygens (including phenoxy) is 1. The number of amides is 1. The van der Waals surface area contributed by atoms with Crippen molar-refractivity contribution >= 4 is 28.3 Å². The first-order valence-corrected chi connectivity index (χ1v) is 6.93. The topological polar surface area (TPSA) is 81.4 Å². The largest absolute Gasteiger partial charge is 0.469 e. The molecule has 0 aliphatic carbocycles. The fraction of sp³-hybridized carbons (Fsp3) is 0.308. The Hall–Kier alpha value is -2.15. The van der Waals surface area contributed by atoms with Crippen molar-refractivity contribution < 1.29 is 18.7 Å². The Morgan fingerprint density at radius 2 is 2.35 bits per heavy atom. The minimum Gasteiger partial charge on any atom is -0.469 e. The molecule has 0 fully saturated rings. The Morgan fingerprint density at radius 1 is 1.50 bits per heavy atom. The average Bonchev–Trinajstić information content (AvgIpc) is 3.10. The van der Waals surface area contributed by atoms with Gasteiger partial charge in [0.05, 0.1) is 19.1 Å². The number of aryl methyl sites for hydroxylation is 1. The number of carbonyl (C=O) groups excluding carboxylic acids is 2. The van der Waals surface area contributed by atoms with Gasteiger partial charge >= 0.3 is 5.97 Å². The van der Waals surface area contributed by atoms with E-state index < -0.39 is 0 Å². The number of methoxy groups -OCH3 is 1. The Morgan fingerprint density at radius 3 is 3.05 bits per heavy atom. The second kappa shape index (κ2) is 6.85. The van der Waals surface area contributed by atoms with Crippen LogP contribution in [0.15, 0.2) is 28.2 Å². The van der Waals surface area contributed by atoms with E-state index in [1.807, 2.05) is 5.38 Å². The van der Waals surface area contributed by atoms with Gasteiger partial charge in [0, 0.05) is 11.8 Å². The number of thiazole rings is 1. The predicted molar refractivity (Wildman–Crippen MR) is 73.7 cm³/mol. The number of furan rings is 1. The maximum absolute atomic E-state index is 11.7. The average molecular weight is 294 g/mol. The van der Waals surface area contributed by atoms with Gasteiger partial charge in [0.2, 0.25) is 0 Å². The molecule has 2 rings (SSSR count). The molecule has 20 heavy (non-hydrogen) atoms. The van der Waals surface area contributed by atoms with Crippen molar-refractivity contribution in [2.45, 2.75) is 19.3 Å². The number of rotatable bonds is 6. The Balaban J connectivity index is 1.83. The molecule has 0 aliphatic heterocycles. The number of nitrogens with one attached hydrogen (secondary N) is 1. The summed E-state index contributed by atoms with van der Waals surface area (Å²) in [6.07, 6.45) is 3.14. The molecule has 6 nitrogen and oxygen atoms in total. The van der Waals surface area contributed by atoms with Gasteiger partial charge in [0.25, 0.3) is 5.91 Å². The van der Waals surface area contributed by atoms with Gasteiger partial charge in [-0.2, -0.15) is 0 Å². The summed E-state index contributed by atoms with van der Waals surface area (Å²) in [6.45, 7) is 0. The zero-order valence-electron chi connectivity index (χ0n) is 10.9. The number of aromatic nitrogens is 1. The summed E-state index contributed by atoms with van der Waals surface area (Å²) in [5.41, 5.74) is 0.841. The van der Waals surface area contributed by atoms with Gasteiger partial charge in [-0.05, 0) is 25.0 Å². The molecular formula is C13H14N2O4S. The van der Waals surface area contributed by atoms with E-state index in [1.54, 1.807) is 12.1 Å². The summed E-state index contributed by atoms with van der Waals surface area (Å²) in [6, 6.07) is 3.23. The molecule has 2 heterocycles. The number of carbonyl (C=O) groups is 2. The van der Waals surface area contributed by atoms with Crippen molar-refractivity contribution in [1.29, 1.82) is 0 Å². The number of anilines is 1. The van der Waals surface area contributed by atoms with E-state index in [9.17, 15) is 9.59 Å². The van der Waals surface area contributed by atoms with Crippen LogP contribution in [0.3, 0.4) is 0 Å². The van der Waals surface area contributed by atoms with Crippen LogP contribution in [0.2, 0.25) is 0 Å². The first kappa shape index (κ1) is 14.3. The molecule has 2 aromatic heterocycles. The summed E-state index contributed by atoms with van der Waals surface area (Å²) in [4.78, 5) is 27.0. The third-order valence-corrected chi connectivity index (χ3v) is 3.37. The minimum absolute atomic E-state index is 0.230. The fourth-order valence-electron chi connectivity index (χ4n) is 1.56. The Kier molecular flexibility index (Phi) is 4.89. The van der Waals surface area contributed by atoms with E-state index in [-0.39, 0.29) is 17.6 Å². The lowest BCUT2D eigenvalue weighted by Gasteiger charge is -1.98. The quantitative estimate of drug-likeness (QED) is 0.828. The lowest BCUT2D eigenvalue weighted by atomic mass is 10.2. The van der Waals surface area contributed by atoms with Gasteiger partial charge in [0.15, 0.2) is 10.9 Å². The first-order chi connectivity index (χ1) is 9.69. The van der Waals surface area contributed by atoms with Crippen molar-refractivity contribution in [3.8, 4) is 0 Å². The van der Waals surface area contributed by atoms with Crippen molar-refractivity contribution in [3.05, 3.63) is 35.2 Å². The van der Waals surface area contributed by atoms with Crippen LogP contribution >= 0.6 is 11.3 Å². The molecule has 0 saturated carbocycles. The van der Waals surface area contributed by atoms with Gasteiger partial charge < -0.3 is 9.15 Å². The van der Waals surface area contributed by atoms with E-state index in [4.69, 9.17) is 4.42 Å². The molecule has 7 heteroatoms. The highest BCUT2D eigenvalue weighted by molar-refractivity contribution is 7.13. The summed E-state index contributed by atoms with van der Waals surface area (Å²) in [7, 11) is 1.37. The van der Waals surface area contributed by atoms with Crippen LogP contribution in [0.5, 0.6) is 0 Å². The zero-order valence-corrected chi connectivity index (χ0v) is 11.7. The van der Waals surface area contributed by atoms with Gasteiger partial charge in [-0.3, -0.25) is 14.9 Å². The molecule has 1 N–H and O–H groups in total. The second-order valence-corrected chi connectivity index (χ2v) is 4.86. The third-order valence-electron chi connectivity index (χ3n) is 2.56. The second-order valence-electron chi connectivity index (χ2n) is 4.01. The van der Waals surface area contributed by atoms with E-state index in [0.717, 1.165) is 5.69 Å². The maximum atomic E-state index is 11.7. The summed E-state index contributed by atoms with van der Waals surface area (Å²) < 4.78 is 9.55. The summed E-state index contributed by atoms with van der Waals surface area (Å²) in [5, 5.41) is 5.03. The van der Waals surface area contributed by atoms with E-state index in [0.29, 0.717) is 24.4 Å². The molecule has 0 radical (unpaired) electrons. The van der Waals surface area contributed by atoms with Gasteiger partial charge in [-0.25, -0.2) is 4.98 Å². The summed E-state index contributed by atoms with van der Waals surface area (Å²) in [5.74, 6) is -0.315. The minimum atomic E-state index is -0.328. The van der Waals surface area contributed by atoms with Crippen LogP contribution in [0.1, 0.15) is 29.1 Å². The van der Waals surface area contributed by atoms with Crippen LogP contribution in [-0.4, -0.2) is 24.0 Å². The van der Waals surface area contributed by atoms with Gasteiger partial charge in [-0.15, -0.1) is 11.3 Å². The molecule has 0 aromatic carbocycles. The van der Waals surface area contributed by atoms with Crippen LogP contribution in [0.25, 0.3) is 0 Å². The highest BCUT2D eigenvalue weighted by Gasteiger charge is 2.11. The first-order valence-electron chi connectivity index (χ1n) is 6.05. The van der Waals surface area contributed by atoms with Gasteiger partial charge in [-0.1, -0.05) is 0 Å². The highest BCUT2D eigenvalue weighted by atomic mass is 32.1. The van der Waals surface area contributed by atoms with Crippen molar-refractivity contribution in [2.75, 3.05) is 12.4 Å². The molecule has 0 aliphatic rings. The molecule has 0 bridgehead atoms. The highest BCUT2D eigenvalue weighted by Crippen LogP contribution is 2.18. The SMILES string of the molecule is COC(=O)CCCc1csc(NC(=O)c2ccco2)n1. The van der Waals surface area contributed by atoms with Crippen molar-refractivity contribution in [1.82, 2.24) is 4.98 Å². The molecule has 0 unspecified atom stereocenters. The monoisotopic (exact) mass is 294 g/mol. The molecular weight excluding hydrogens is 280 g/mol. The van der Waals surface area contributed by atoms with E-state index >= 15 is 0 Å². The fourth-order valence-corrected chi connectivity index (χ4v) is 2.30. The van der Waals surface area contributed by atoms with Crippen LogP contribution in [0.4, 0.5) is 5.13 Å². The number of hydrogen-bond donors (Lipinski definition) is 1. The lowest BCUT2D eigenvalue weighted by molar-refractivity contribution is -0.140. The lowest BCUT2D eigenvalue weighted by Crippen LogP contribution is -2.10. The van der Waals surface area contributed by atoms with Crippen LogP contribution < -0.4 is 5.32 Å². The molecule has 0 atom stereocenters. The molecule has 0 spiro atoms. The molecule has 0 saturated heterocycles. The molecule has 106 valence electrons. The van der Waals surface area contributed by atoms with E-state index in [1.165, 1.54) is 24.7 Å². The number of esters is 1. The van der Waals surface area contributed by atoms with Crippen LogP contribution in [0, 0.1) is 0 Å². The number of nitrogens with zero attached hydrogens (tertiary/aromatic N) is 1. The van der Waals surface area contributed by atoms with Crippen molar-refractivity contribution in [2.24, 2.45) is 0 Å². The molecule has 2 aromatic rings. The third kappa shape index (κ3) is 3.92. The van der Waals surface area contributed by atoms with E-state index in [2.05, 4.69) is 15.0 Å². The standard InChI is InChI=1S/C13H14N2O4S/c1-18-11(16)6-2-4-9-8-20-13(14-9)15-12(17)10-5-3-7-19-10/h3,5,7-8H,2,4,6H2,1H3,(H,14,15,17). The predicted octanol–water partition coefficient (Wildman–Crippen LogP) is 2.48. The number of hydrogen-bond acceptors (Lipinski definition) is 6. The summed E-state index contributed by atoms with van der Waals surface area (Å²) >= 11 is 1.34. The van der Waals surface area contributed by atoms with Crippen molar-refractivity contribution in [3.63, 3.8) is 0 Å². The Bertz CT molecular complexity index is 577. The Labute approximate surface area is 119 Å². The smallest absolute Gasteiger partial charge is 0.305 e. The molecule has 1 amide bonds.